The maximum Gasteiger partial charge on any atom is 0.343 e. The molecule has 0 unspecified atom stereocenters. The number of nitrogens with zero attached hydrogens (tertiary/aromatic N) is 2. The van der Waals surface area contributed by atoms with Gasteiger partial charge in [-0.05, 0) is 54.1 Å². The summed E-state index contributed by atoms with van der Waals surface area (Å²) in [6.45, 7) is 0. The van der Waals surface area contributed by atoms with Gasteiger partial charge < -0.3 is 14.2 Å². The highest BCUT2D eigenvalue weighted by Gasteiger charge is 2.18. The van der Waals surface area contributed by atoms with E-state index in [9.17, 15) is 25.0 Å². The minimum absolute atomic E-state index is 0.191. The van der Waals surface area contributed by atoms with Crippen molar-refractivity contribution < 1.29 is 28.9 Å². The van der Waals surface area contributed by atoms with Crippen molar-refractivity contribution >= 4 is 29.5 Å². The van der Waals surface area contributed by atoms with Gasteiger partial charge in [-0.15, -0.1) is 0 Å². The first-order valence-corrected chi connectivity index (χ1v) is 9.47. The van der Waals surface area contributed by atoms with Crippen molar-refractivity contribution in [3.8, 4) is 17.2 Å². The Hall–Kier alpha value is -4.73. The Labute approximate surface area is 187 Å². The zero-order valence-corrected chi connectivity index (χ0v) is 17.6. The molecular weight excluding hydrogens is 432 g/mol. The van der Waals surface area contributed by atoms with E-state index in [0.717, 1.165) is 6.07 Å². The Morgan fingerprint density at radius 1 is 0.818 bits per heavy atom. The summed E-state index contributed by atoms with van der Waals surface area (Å²) in [6, 6.07) is 14.6. The lowest BCUT2D eigenvalue weighted by molar-refractivity contribution is -0.394. The molecule has 0 radical (unpaired) electrons. The van der Waals surface area contributed by atoms with Gasteiger partial charge in [0.05, 0.1) is 41.3 Å². The summed E-state index contributed by atoms with van der Waals surface area (Å²) < 4.78 is 15.8. The number of benzene rings is 3. The number of rotatable bonds is 8. The first kappa shape index (κ1) is 22.9. The van der Waals surface area contributed by atoms with Crippen molar-refractivity contribution in [2.24, 2.45) is 0 Å². The third-order valence-electron chi connectivity index (χ3n) is 4.59. The minimum atomic E-state index is -0.697. The van der Waals surface area contributed by atoms with Crippen LogP contribution in [0.2, 0.25) is 0 Å². The molecule has 0 saturated carbocycles. The maximum absolute atomic E-state index is 12.4. The van der Waals surface area contributed by atoms with Crippen LogP contribution in [-0.2, 0) is 0 Å². The molecule has 168 valence electrons. The Kier molecular flexibility index (Phi) is 6.99. The molecule has 3 rings (SSSR count). The standard InChI is InChI=1S/C23H18N2O8/c1-31-19-10-7-17(8-11-19)23(26)33-21-12-4-15(13-22(21)32-2)3-5-16-6-9-18(24(27)28)14-20(16)25(29)30/h3-14H,1-2H3. The van der Waals surface area contributed by atoms with Gasteiger partial charge in [0.2, 0.25) is 0 Å². The van der Waals surface area contributed by atoms with Gasteiger partial charge in [-0.3, -0.25) is 20.2 Å². The van der Waals surface area contributed by atoms with Gasteiger partial charge in [-0.25, -0.2) is 4.79 Å². The van der Waals surface area contributed by atoms with Crippen molar-refractivity contribution in [3.05, 3.63) is 97.6 Å². The summed E-state index contributed by atoms with van der Waals surface area (Å²) in [7, 11) is 2.93. The Morgan fingerprint density at radius 2 is 1.55 bits per heavy atom. The fourth-order valence-corrected chi connectivity index (χ4v) is 2.89. The van der Waals surface area contributed by atoms with Crippen molar-refractivity contribution in [1.29, 1.82) is 0 Å². The van der Waals surface area contributed by atoms with E-state index in [1.807, 2.05) is 0 Å². The highest BCUT2D eigenvalue weighted by molar-refractivity contribution is 5.91. The van der Waals surface area contributed by atoms with E-state index >= 15 is 0 Å². The van der Waals surface area contributed by atoms with Crippen LogP contribution in [0, 0.1) is 20.2 Å². The molecule has 0 N–H and O–H groups in total. The SMILES string of the molecule is COc1ccc(C(=O)Oc2ccc(C=Cc3ccc([N+](=O)[O-])cc3[N+](=O)[O-])cc2OC)cc1. The Morgan fingerprint density at radius 3 is 2.15 bits per heavy atom. The molecule has 0 atom stereocenters. The Balaban J connectivity index is 1.82. The molecule has 0 spiro atoms. The summed E-state index contributed by atoms with van der Waals surface area (Å²) in [5.74, 6) is 0.489. The molecule has 10 heteroatoms. The lowest BCUT2D eigenvalue weighted by atomic mass is 10.1. The van der Waals surface area contributed by atoms with Crippen LogP contribution >= 0.6 is 0 Å². The first-order valence-electron chi connectivity index (χ1n) is 9.47. The van der Waals surface area contributed by atoms with Crippen LogP contribution in [0.3, 0.4) is 0 Å². The molecule has 0 aliphatic heterocycles. The zero-order chi connectivity index (χ0) is 24.0. The van der Waals surface area contributed by atoms with Crippen molar-refractivity contribution in [2.45, 2.75) is 0 Å². The molecule has 0 aromatic heterocycles. The van der Waals surface area contributed by atoms with Crippen LogP contribution < -0.4 is 14.2 Å². The average Bonchev–Trinajstić information content (AvgIpc) is 2.83. The van der Waals surface area contributed by atoms with E-state index in [0.29, 0.717) is 16.9 Å². The van der Waals surface area contributed by atoms with E-state index in [1.165, 1.54) is 38.5 Å². The highest BCUT2D eigenvalue weighted by atomic mass is 16.6. The molecule has 3 aromatic carbocycles. The van der Waals surface area contributed by atoms with E-state index in [1.54, 1.807) is 42.5 Å². The van der Waals surface area contributed by atoms with Crippen molar-refractivity contribution in [2.75, 3.05) is 14.2 Å². The second-order valence-corrected chi connectivity index (χ2v) is 6.62. The molecule has 0 bridgehead atoms. The van der Waals surface area contributed by atoms with E-state index < -0.39 is 21.5 Å². The number of nitro groups is 2. The number of ether oxygens (including phenoxy) is 3. The van der Waals surface area contributed by atoms with Crippen LogP contribution in [0.4, 0.5) is 11.4 Å². The maximum atomic E-state index is 12.4. The molecule has 0 aliphatic rings. The number of carbonyl (C=O) groups excluding carboxylic acids is 1. The lowest BCUT2D eigenvalue weighted by Crippen LogP contribution is -2.09. The number of nitro benzene ring substituents is 2. The molecule has 0 amide bonds. The van der Waals surface area contributed by atoms with Gasteiger partial charge in [0.15, 0.2) is 11.5 Å². The van der Waals surface area contributed by atoms with Gasteiger partial charge in [0.1, 0.15) is 5.75 Å². The number of methoxy groups -OCH3 is 2. The van der Waals surface area contributed by atoms with Gasteiger partial charge in [-0.2, -0.15) is 0 Å². The van der Waals surface area contributed by atoms with E-state index in [4.69, 9.17) is 14.2 Å². The fourth-order valence-electron chi connectivity index (χ4n) is 2.89. The van der Waals surface area contributed by atoms with Crippen LogP contribution in [0.25, 0.3) is 12.2 Å². The number of hydrogen-bond donors (Lipinski definition) is 0. The number of esters is 1. The summed E-state index contributed by atoms with van der Waals surface area (Å²) in [5, 5.41) is 22.2. The fraction of sp³-hybridized carbons (Fsp3) is 0.0870. The summed E-state index contributed by atoms with van der Waals surface area (Å²) in [5.41, 5.74) is 0.358. The number of non-ortho nitro benzene ring substituents is 1. The first-order chi connectivity index (χ1) is 15.8. The third kappa shape index (κ3) is 5.50. The second-order valence-electron chi connectivity index (χ2n) is 6.62. The second kappa shape index (κ2) is 10.1. The molecule has 0 heterocycles. The van der Waals surface area contributed by atoms with Gasteiger partial charge in [0, 0.05) is 6.07 Å². The van der Waals surface area contributed by atoms with Gasteiger partial charge >= 0.3 is 5.97 Å². The molecule has 33 heavy (non-hydrogen) atoms. The molecule has 3 aromatic rings. The number of carbonyl (C=O) groups is 1. The molecule has 10 nitrogen and oxygen atoms in total. The molecule has 0 saturated heterocycles. The highest BCUT2D eigenvalue weighted by Crippen LogP contribution is 2.31. The van der Waals surface area contributed by atoms with Gasteiger partial charge in [-0.1, -0.05) is 12.1 Å². The van der Waals surface area contributed by atoms with E-state index in [-0.39, 0.29) is 22.7 Å². The molecule has 0 aliphatic carbocycles. The summed E-state index contributed by atoms with van der Waals surface area (Å²) in [6.07, 6.45) is 3.03. The summed E-state index contributed by atoms with van der Waals surface area (Å²) in [4.78, 5) is 33.2. The monoisotopic (exact) mass is 450 g/mol. The Bertz CT molecular complexity index is 1240. The van der Waals surface area contributed by atoms with Crippen molar-refractivity contribution in [1.82, 2.24) is 0 Å². The lowest BCUT2D eigenvalue weighted by Gasteiger charge is -2.10. The smallest absolute Gasteiger partial charge is 0.343 e. The van der Waals surface area contributed by atoms with Crippen LogP contribution in [0.15, 0.2) is 60.7 Å². The third-order valence-corrected chi connectivity index (χ3v) is 4.59. The predicted molar refractivity (Wildman–Crippen MR) is 120 cm³/mol. The predicted octanol–water partition coefficient (Wildman–Crippen LogP) is 4.91. The average molecular weight is 450 g/mol. The normalized spacial score (nSPS) is 10.6. The topological polar surface area (TPSA) is 131 Å². The minimum Gasteiger partial charge on any atom is -0.497 e. The molecular formula is C23H18N2O8. The van der Waals surface area contributed by atoms with Crippen LogP contribution in [-0.4, -0.2) is 30.0 Å². The van der Waals surface area contributed by atoms with Crippen molar-refractivity contribution in [3.63, 3.8) is 0 Å². The van der Waals surface area contributed by atoms with Crippen LogP contribution in [0.5, 0.6) is 17.2 Å². The summed E-state index contributed by atoms with van der Waals surface area (Å²) >= 11 is 0. The zero-order valence-electron chi connectivity index (χ0n) is 17.6. The van der Waals surface area contributed by atoms with Gasteiger partial charge in [0.25, 0.3) is 11.4 Å². The molecule has 0 fully saturated rings. The quantitative estimate of drug-likeness (QED) is 0.155. The van der Waals surface area contributed by atoms with E-state index in [2.05, 4.69) is 0 Å². The largest absolute Gasteiger partial charge is 0.497 e. The van der Waals surface area contributed by atoms with Crippen LogP contribution in [0.1, 0.15) is 21.5 Å². The number of hydrogen-bond acceptors (Lipinski definition) is 8.